The number of alkyl halides is 1. The van der Waals surface area contributed by atoms with Crippen LogP contribution in [0.3, 0.4) is 0 Å². The quantitative estimate of drug-likeness (QED) is 0.602. The summed E-state index contributed by atoms with van der Waals surface area (Å²) in [5, 5.41) is 0. The number of rotatable bonds is 2. The zero-order valence-electron chi connectivity index (χ0n) is 10.1. The molecule has 0 bridgehead atoms. The Bertz CT molecular complexity index is 801. The van der Waals surface area contributed by atoms with Crippen LogP contribution >= 0.6 is 27.5 Å². The van der Waals surface area contributed by atoms with Crippen molar-refractivity contribution in [1.29, 1.82) is 0 Å². The van der Waals surface area contributed by atoms with Crippen molar-refractivity contribution in [1.82, 2.24) is 9.55 Å². The first kappa shape index (κ1) is 13.5. The van der Waals surface area contributed by atoms with Gasteiger partial charge in [0.2, 0.25) is 0 Å². The van der Waals surface area contributed by atoms with Gasteiger partial charge in [-0.05, 0) is 30.3 Å². The predicted octanol–water partition coefficient (Wildman–Crippen LogP) is 4.81. The van der Waals surface area contributed by atoms with Crippen LogP contribution in [0.25, 0.3) is 16.7 Å². The maximum absolute atomic E-state index is 14.0. The molecular formula is C14H8BrClF2N2. The monoisotopic (exact) mass is 356 g/mol. The molecule has 2 nitrogen and oxygen atoms in total. The van der Waals surface area contributed by atoms with Crippen LogP contribution in [0.1, 0.15) is 5.82 Å². The van der Waals surface area contributed by atoms with Crippen molar-refractivity contribution < 1.29 is 8.78 Å². The van der Waals surface area contributed by atoms with Crippen molar-refractivity contribution in [2.24, 2.45) is 0 Å². The average Bonchev–Trinajstić information content (AvgIpc) is 2.76. The van der Waals surface area contributed by atoms with Gasteiger partial charge in [0.05, 0.1) is 22.6 Å². The molecule has 6 heteroatoms. The molecule has 20 heavy (non-hydrogen) atoms. The molecule has 2 aromatic carbocycles. The second-order valence-corrected chi connectivity index (χ2v) is 5.41. The fourth-order valence-electron chi connectivity index (χ4n) is 2.12. The van der Waals surface area contributed by atoms with Gasteiger partial charge in [-0.1, -0.05) is 15.9 Å². The molecule has 0 atom stereocenters. The highest BCUT2D eigenvalue weighted by molar-refractivity contribution is 9.10. The number of halogens is 4. The molecule has 0 radical (unpaired) electrons. The average molecular weight is 358 g/mol. The van der Waals surface area contributed by atoms with E-state index in [1.54, 1.807) is 4.57 Å². The summed E-state index contributed by atoms with van der Waals surface area (Å²) >= 11 is 9.26. The fourth-order valence-corrected chi connectivity index (χ4v) is 2.65. The van der Waals surface area contributed by atoms with E-state index in [0.717, 1.165) is 10.5 Å². The van der Waals surface area contributed by atoms with Gasteiger partial charge in [-0.2, -0.15) is 0 Å². The van der Waals surface area contributed by atoms with Gasteiger partial charge >= 0.3 is 0 Å². The molecule has 0 aliphatic rings. The van der Waals surface area contributed by atoms with E-state index in [9.17, 15) is 8.78 Å². The van der Waals surface area contributed by atoms with Gasteiger partial charge in [-0.15, -0.1) is 11.6 Å². The van der Waals surface area contributed by atoms with Crippen molar-refractivity contribution in [2.45, 2.75) is 5.88 Å². The van der Waals surface area contributed by atoms with E-state index in [0.29, 0.717) is 16.9 Å². The topological polar surface area (TPSA) is 17.8 Å². The van der Waals surface area contributed by atoms with Gasteiger partial charge < -0.3 is 0 Å². The van der Waals surface area contributed by atoms with Gasteiger partial charge in [0.15, 0.2) is 0 Å². The highest BCUT2D eigenvalue weighted by Gasteiger charge is 2.15. The minimum Gasteiger partial charge on any atom is -0.292 e. The Morgan fingerprint density at radius 3 is 2.65 bits per heavy atom. The standard InChI is InChI=1S/C14H8BrClF2N2/c15-8-1-3-11-13(5-8)20(14(7-16)19-11)12-4-2-9(17)6-10(12)18/h1-6H,7H2. The molecule has 3 aromatic rings. The van der Waals surface area contributed by atoms with Gasteiger partial charge in [0.25, 0.3) is 0 Å². The summed E-state index contributed by atoms with van der Waals surface area (Å²) in [5.41, 5.74) is 1.63. The number of aromatic nitrogens is 2. The molecule has 1 heterocycles. The fraction of sp³-hybridized carbons (Fsp3) is 0.0714. The van der Waals surface area contributed by atoms with Crippen molar-refractivity contribution in [2.75, 3.05) is 0 Å². The van der Waals surface area contributed by atoms with Gasteiger partial charge in [-0.25, -0.2) is 13.8 Å². The van der Waals surface area contributed by atoms with Crippen molar-refractivity contribution in [3.63, 3.8) is 0 Å². The molecular weight excluding hydrogens is 350 g/mol. The Hall–Kier alpha value is -1.46. The Morgan fingerprint density at radius 2 is 1.95 bits per heavy atom. The molecule has 0 aliphatic heterocycles. The van der Waals surface area contributed by atoms with E-state index in [4.69, 9.17) is 11.6 Å². The largest absolute Gasteiger partial charge is 0.292 e. The summed E-state index contributed by atoms with van der Waals surface area (Å²) in [6.45, 7) is 0. The number of benzene rings is 2. The molecule has 1 aromatic heterocycles. The minimum atomic E-state index is -0.657. The third-order valence-corrected chi connectivity index (χ3v) is 3.69. The number of fused-ring (bicyclic) bond motifs is 1. The van der Waals surface area contributed by atoms with Gasteiger partial charge in [-0.3, -0.25) is 4.57 Å². The molecule has 0 unspecified atom stereocenters. The first-order chi connectivity index (χ1) is 9.60. The third kappa shape index (κ3) is 2.21. The van der Waals surface area contributed by atoms with Crippen LogP contribution in [0.5, 0.6) is 0 Å². The van der Waals surface area contributed by atoms with Crippen molar-refractivity contribution in [3.8, 4) is 5.69 Å². The van der Waals surface area contributed by atoms with E-state index >= 15 is 0 Å². The SMILES string of the molecule is Fc1ccc(-n2c(CCl)nc3ccc(Br)cc32)c(F)c1. The summed E-state index contributed by atoms with van der Waals surface area (Å²) in [6, 6.07) is 8.91. The zero-order chi connectivity index (χ0) is 14.3. The minimum absolute atomic E-state index is 0.128. The summed E-state index contributed by atoms with van der Waals surface area (Å²) in [6.07, 6.45) is 0. The summed E-state index contributed by atoms with van der Waals surface area (Å²) in [7, 11) is 0. The number of hydrogen-bond acceptors (Lipinski definition) is 1. The van der Waals surface area contributed by atoms with Gasteiger partial charge in [0.1, 0.15) is 17.5 Å². The van der Waals surface area contributed by atoms with Crippen LogP contribution in [0.2, 0.25) is 0 Å². The molecule has 3 rings (SSSR count). The Morgan fingerprint density at radius 1 is 1.15 bits per heavy atom. The molecule has 0 fully saturated rings. The van der Waals surface area contributed by atoms with E-state index in [1.165, 1.54) is 12.1 Å². The Balaban J connectivity index is 2.36. The smallest absolute Gasteiger partial charge is 0.150 e. The van der Waals surface area contributed by atoms with E-state index in [1.807, 2.05) is 18.2 Å². The first-order valence-corrected chi connectivity index (χ1v) is 7.11. The van der Waals surface area contributed by atoms with Crippen LogP contribution in [0, 0.1) is 11.6 Å². The lowest BCUT2D eigenvalue weighted by atomic mass is 10.2. The molecule has 0 N–H and O–H groups in total. The predicted molar refractivity (Wildman–Crippen MR) is 78.2 cm³/mol. The van der Waals surface area contributed by atoms with Crippen LogP contribution in [-0.4, -0.2) is 9.55 Å². The van der Waals surface area contributed by atoms with Crippen molar-refractivity contribution in [3.05, 3.63) is 58.3 Å². The van der Waals surface area contributed by atoms with Crippen LogP contribution in [-0.2, 0) is 5.88 Å². The Kier molecular flexibility index (Phi) is 3.48. The Labute approximate surface area is 127 Å². The lowest BCUT2D eigenvalue weighted by Gasteiger charge is -2.09. The van der Waals surface area contributed by atoms with E-state index < -0.39 is 11.6 Å². The maximum Gasteiger partial charge on any atom is 0.150 e. The van der Waals surface area contributed by atoms with E-state index in [2.05, 4.69) is 20.9 Å². The van der Waals surface area contributed by atoms with Crippen LogP contribution in [0.15, 0.2) is 40.9 Å². The van der Waals surface area contributed by atoms with Crippen molar-refractivity contribution >= 4 is 38.6 Å². The summed E-state index contributed by atoms with van der Waals surface area (Å²) in [4.78, 5) is 4.36. The van der Waals surface area contributed by atoms with Crippen LogP contribution in [0.4, 0.5) is 8.78 Å². The highest BCUT2D eigenvalue weighted by Crippen LogP contribution is 2.27. The van der Waals surface area contributed by atoms with E-state index in [-0.39, 0.29) is 11.6 Å². The second kappa shape index (κ2) is 5.14. The van der Waals surface area contributed by atoms with Crippen LogP contribution < -0.4 is 0 Å². The summed E-state index contributed by atoms with van der Waals surface area (Å²) in [5.74, 6) is -0.645. The summed E-state index contributed by atoms with van der Waals surface area (Å²) < 4.78 is 29.5. The molecule has 0 aliphatic carbocycles. The third-order valence-electron chi connectivity index (χ3n) is 2.96. The molecule has 0 spiro atoms. The number of imidazole rings is 1. The van der Waals surface area contributed by atoms with Gasteiger partial charge in [0, 0.05) is 10.5 Å². The normalized spacial score (nSPS) is 11.2. The molecule has 0 saturated carbocycles. The zero-order valence-corrected chi connectivity index (χ0v) is 12.4. The maximum atomic E-state index is 14.0. The molecule has 102 valence electrons. The molecule has 0 amide bonds. The molecule has 0 saturated heterocycles. The second-order valence-electron chi connectivity index (χ2n) is 4.23. The first-order valence-electron chi connectivity index (χ1n) is 5.78. The lowest BCUT2D eigenvalue weighted by Crippen LogP contribution is -2.02. The highest BCUT2D eigenvalue weighted by atomic mass is 79.9. The number of hydrogen-bond donors (Lipinski definition) is 0. The lowest BCUT2D eigenvalue weighted by molar-refractivity contribution is 0.577. The number of nitrogens with zero attached hydrogens (tertiary/aromatic N) is 2.